The Labute approximate surface area is 382 Å². The molecule has 0 heterocycles. The highest BCUT2D eigenvalue weighted by molar-refractivity contribution is 5.71. The summed E-state index contributed by atoms with van der Waals surface area (Å²) in [7, 11) is 0. The summed E-state index contributed by atoms with van der Waals surface area (Å²) in [5.74, 6) is -0.968. The molecule has 0 aromatic rings. The van der Waals surface area contributed by atoms with Crippen molar-refractivity contribution in [1.82, 2.24) is 0 Å². The third-order valence-corrected chi connectivity index (χ3v) is 10.9. The minimum Gasteiger partial charge on any atom is -0.462 e. The lowest BCUT2D eigenvalue weighted by molar-refractivity contribution is -0.167. The lowest BCUT2D eigenvalue weighted by Crippen LogP contribution is -2.30. The van der Waals surface area contributed by atoms with Gasteiger partial charge in [-0.05, 0) is 89.9 Å². The molecule has 0 radical (unpaired) electrons. The van der Waals surface area contributed by atoms with E-state index in [0.29, 0.717) is 19.3 Å². The molecule has 0 spiro atoms. The third-order valence-electron chi connectivity index (χ3n) is 10.9. The predicted octanol–water partition coefficient (Wildman–Crippen LogP) is 17.0. The molecule has 6 nitrogen and oxygen atoms in total. The number of ether oxygens (including phenoxy) is 3. The molecule has 0 unspecified atom stereocenters. The van der Waals surface area contributed by atoms with Gasteiger partial charge >= 0.3 is 17.9 Å². The second-order valence-corrected chi connectivity index (χ2v) is 17.1. The van der Waals surface area contributed by atoms with Crippen LogP contribution in [0, 0.1) is 0 Å². The number of carbonyl (C=O) groups excluding carboxylic acids is 3. The zero-order valence-electron chi connectivity index (χ0n) is 40.6. The summed E-state index contributed by atoms with van der Waals surface area (Å²) in [6, 6.07) is 0. The smallest absolute Gasteiger partial charge is 0.306 e. The fourth-order valence-electron chi connectivity index (χ4n) is 6.99. The number of rotatable bonds is 46. The van der Waals surface area contributed by atoms with Crippen LogP contribution in [0.25, 0.3) is 0 Å². The van der Waals surface area contributed by atoms with Gasteiger partial charge in [-0.1, -0.05) is 209 Å². The van der Waals surface area contributed by atoms with Gasteiger partial charge in [0.15, 0.2) is 6.10 Å². The molecule has 0 aliphatic heterocycles. The van der Waals surface area contributed by atoms with Crippen LogP contribution in [0.2, 0.25) is 0 Å². The SMILES string of the molecule is CCCCC/C=C\C/C=C\C/C=C\C/C=C\CCCC(=O)OC[C@H](COC(=O)CCCCCCCCCCCCCC)OC(=O)CCCCCCC/C=C\C/C=C\CCCCC. The van der Waals surface area contributed by atoms with Gasteiger partial charge in [0.05, 0.1) is 0 Å². The van der Waals surface area contributed by atoms with E-state index in [1.165, 1.54) is 109 Å². The van der Waals surface area contributed by atoms with Crippen molar-refractivity contribution in [3.63, 3.8) is 0 Å². The highest BCUT2D eigenvalue weighted by atomic mass is 16.6. The summed E-state index contributed by atoms with van der Waals surface area (Å²) in [5, 5.41) is 0. The number of allylic oxidation sites excluding steroid dienone is 12. The summed E-state index contributed by atoms with van der Waals surface area (Å²) in [6.45, 7) is 6.52. The molecule has 62 heavy (non-hydrogen) atoms. The van der Waals surface area contributed by atoms with E-state index >= 15 is 0 Å². The Morgan fingerprint density at radius 2 is 0.597 bits per heavy atom. The minimum absolute atomic E-state index is 0.0967. The first kappa shape index (κ1) is 58.9. The van der Waals surface area contributed by atoms with Crippen LogP contribution in [0.15, 0.2) is 72.9 Å². The highest BCUT2D eigenvalue weighted by Crippen LogP contribution is 2.14. The van der Waals surface area contributed by atoms with E-state index in [4.69, 9.17) is 14.2 Å². The van der Waals surface area contributed by atoms with Gasteiger partial charge in [-0.2, -0.15) is 0 Å². The Morgan fingerprint density at radius 1 is 0.323 bits per heavy atom. The van der Waals surface area contributed by atoms with Gasteiger partial charge in [-0.25, -0.2) is 0 Å². The largest absolute Gasteiger partial charge is 0.462 e. The van der Waals surface area contributed by atoms with E-state index in [2.05, 4.69) is 93.7 Å². The van der Waals surface area contributed by atoms with Crippen molar-refractivity contribution < 1.29 is 28.6 Å². The van der Waals surface area contributed by atoms with E-state index in [1.54, 1.807) is 0 Å². The van der Waals surface area contributed by atoms with Crippen LogP contribution in [0.1, 0.15) is 245 Å². The Hall–Kier alpha value is -3.15. The zero-order valence-corrected chi connectivity index (χ0v) is 40.6. The molecule has 1 atom stereocenters. The topological polar surface area (TPSA) is 78.9 Å². The molecule has 356 valence electrons. The van der Waals surface area contributed by atoms with E-state index in [1.807, 2.05) is 0 Å². The maximum atomic E-state index is 12.8. The average Bonchev–Trinajstić information content (AvgIpc) is 3.27. The van der Waals surface area contributed by atoms with Crippen molar-refractivity contribution in [3.05, 3.63) is 72.9 Å². The number of hydrogen-bond donors (Lipinski definition) is 0. The lowest BCUT2D eigenvalue weighted by Gasteiger charge is -2.18. The van der Waals surface area contributed by atoms with Crippen LogP contribution >= 0.6 is 0 Å². The fourth-order valence-corrected chi connectivity index (χ4v) is 6.99. The first-order valence-corrected chi connectivity index (χ1v) is 25.9. The molecule has 0 aliphatic rings. The molecule has 0 aromatic heterocycles. The molecular formula is C56H96O6. The molecule has 0 aromatic carbocycles. The molecule has 0 bridgehead atoms. The first-order valence-electron chi connectivity index (χ1n) is 25.9. The second-order valence-electron chi connectivity index (χ2n) is 17.1. The van der Waals surface area contributed by atoms with E-state index in [-0.39, 0.29) is 37.5 Å². The Balaban J connectivity index is 4.49. The van der Waals surface area contributed by atoms with Crippen molar-refractivity contribution >= 4 is 17.9 Å². The van der Waals surface area contributed by atoms with E-state index < -0.39 is 6.10 Å². The van der Waals surface area contributed by atoms with Crippen LogP contribution in [-0.2, 0) is 28.6 Å². The number of esters is 3. The van der Waals surface area contributed by atoms with Crippen LogP contribution in [0.4, 0.5) is 0 Å². The molecular weight excluding hydrogens is 769 g/mol. The average molecular weight is 865 g/mol. The van der Waals surface area contributed by atoms with Crippen LogP contribution in [-0.4, -0.2) is 37.2 Å². The van der Waals surface area contributed by atoms with Gasteiger partial charge < -0.3 is 14.2 Å². The number of unbranched alkanes of at least 4 members (excludes halogenated alkanes) is 23. The molecule has 0 amide bonds. The van der Waals surface area contributed by atoms with Gasteiger partial charge in [-0.3, -0.25) is 14.4 Å². The van der Waals surface area contributed by atoms with Gasteiger partial charge in [0.2, 0.25) is 0 Å². The lowest BCUT2D eigenvalue weighted by atomic mass is 10.0. The van der Waals surface area contributed by atoms with Gasteiger partial charge in [-0.15, -0.1) is 0 Å². The molecule has 0 saturated heterocycles. The molecule has 0 saturated carbocycles. The number of carbonyl (C=O) groups is 3. The predicted molar refractivity (Wildman–Crippen MR) is 265 cm³/mol. The Kier molecular flexibility index (Phi) is 47.9. The summed E-state index contributed by atoms with van der Waals surface area (Å²) in [4.78, 5) is 37.9. The van der Waals surface area contributed by atoms with Gasteiger partial charge in [0, 0.05) is 19.3 Å². The summed E-state index contributed by atoms with van der Waals surface area (Å²) in [6.07, 6.45) is 63.1. The molecule has 0 rings (SSSR count). The Bertz CT molecular complexity index is 1180. The van der Waals surface area contributed by atoms with Gasteiger partial charge in [0.1, 0.15) is 13.2 Å². The maximum Gasteiger partial charge on any atom is 0.306 e. The molecule has 0 fully saturated rings. The van der Waals surface area contributed by atoms with Crippen molar-refractivity contribution in [1.29, 1.82) is 0 Å². The molecule has 0 N–H and O–H groups in total. The van der Waals surface area contributed by atoms with Gasteiger partial charge in [0.25, 0.3) is 0 Å². The molecule has 0 aliphatic carbocycles. The Morgan fingerprint density at radius 3 is 1.00 bits per heavy atom. The summed E-state index contributed by atoms with van der Waals surface area (Å²) >= 11 is 0. The standard InChI is InChI=1S/C56H96O6/c1-4-7-10-13-16-19-22-25-27-28-30-31-34-37-40-43-46-49-55(58)61-52-53(51-60-54(57)48-45-42-39-36-33-24-21-18-15-12-9-6-3)62-56(59)50-47-44-41-38-35-32-29-26-23-20-17-14-11-8-5-2/h16-17,19-20,25-27,29-31,37,40,53H,4-15,18,21-24,28,32-36,38-39,41-52H2,1-3H3/b19-16-,20-17-,27-25-,29-26-,31-30-,40-37-/t53-/m0/s1. The number of hydrogen-bond acceptors (Lipinski definition) is 6. The van der Waals surface area contributed by atoms with E-state index in [0.717, 1.165) is 89.9 Å². The second kappa shape index (κ2) is 50.5. The maximum absolute atomic E-state index is 12.8. The summed E-state index contributed by atoms with van der Waals surface area (Å²) in [5.41, 5.74) is 0. The van der Waals surface area contributed by atoms with Crippen molar-refractivity contribution in [2.24, 2.45) is 0 Å². The van der Waals surface area contributed by atoms with Crippen LogP contribution < -0.4 is 0 Å². The highest BCUT2D eigenvalue weighted by Gasteiger charge is 2.19. The van der Waals surface area contributed by atoms with Crippen LogP contribution in [0.3, 0.4) is 0 Å². The molecule has 6 heteroatoms. The monoisotopic (exact) mass is 865 g/mol. The minimum atomic E-state index is -0.802. The van der Waals surface area contributed by atoms with Crippen molar-refractivity contribution in [3.8, 4) is 0 Å². The third kappa shape index (κ3) is 47.9. The summed E-state index contributed by atoms with van der Waals surface area (Å²) < 4.78 is 16.7. The first-order chi connectivity index (χ1) is 30.5. The van der Waals surface area contributed by atoms with E-state index in [9.17, 15) is 14.4 Å². The quantitative estimate of drug-likeness (QED) is 0.0262. The van der Waals surface area contributed by atoms with Crippen molar-refractivity contribution in [2.45, 2.75) is 252 Å². The zero-order chi connectivity index (χ0) is 45.1. The normalized spacial score (nSPS) is 12.6. The fraction of sp³-hybridized carbons (Fsp3) is 0.732. The van der Waals surface area contributed by atoms with Crippen molar-refractivity contribution in [2.75, 3.05) is 13.2 Å². The van der Waals surface area contributed by atoms with Crippen LogP contribution in [0.5, 0.6) is 0 Å².